The molecule has 0 radical (unpaired) electrons. The minimum atomic E-state index is 0.185. The van der Waals surface area contributed by atoms with Gasteiger partial charge in [-0.3, -0.25) is 9.67 Å². The van der Waals surface area contributed by atoms with Crippen molar-refractivity contribution in [2.75, 3.05) is 12.0 Å². The van der Waals surface area contributed by atoms with Gasteiger partial charge in [-0.25, -0.2) is 0 Å². The van der Waals surface area contributed by atoms with Crippen LogP contribution in [-0.2, 0) is 0 Å². The molecule has 0 aromatic carbocycles. The SMILES string of the molecule is N#CC[C@H](C1CCCC1)n1cc(C2=NCNc3[nH]ccc32)cn1. The summed E-state index contributed by atoms with van der Waals surface area (Å²) >= 11 is 0. The topological polar surface area (TPSA) is 81.8 Å². The fourth-order valence-electron chi connectivity index (χ4n) is 3.80. The first-order valence-electron chi connectivity index (χ1n) is 8.24. The van der Waals surface area contributed by atoms with Crippen LogP contribution in [0.3, 0.4) is 0 Å². The number of anilines is 1. The third kappa shape index (κ3) is 2.52. The van der Waals surface area contributed by atoms with E-state index < -0.39 is 0 Å². The van der Waals surface area contributed by atoms with Crippen molar-refractivity contribution in [3.63, 3.8) is 0 Å². The highest BCUT2D eigenvalue weighted by Gasteiger charge is 2.27. The van der Waals surface area contributed by atoms with Crippen molar-refractivity contribution >= 4 is 11.5 Å². The predicted octanol–water partition coefficient (Wildman–Crippen LogP) is 3.08. The Kier molecular flexibility index (Phi) is 3.62. The first-order chi connectivity index (χ1) is 11.4. The third-order valence-electron chi connectivity index (χ3n) is 4.95. The molecule has 2 aliphatic rings. The van der Waals surface area contributed by atoms with Crippen LogP contribution in [0.15, 0.2) is 29.6 Å². The molecule has 3 heterocycles. The number of fused-ring (bicyclic) bond motifs is 1. The molecule has 0 saturated heterocycles. The Hall–Kier alpha value is -2.55. The Labute approximate surface area is 135 Å². The first kappa shape index (κ1) is 14.1. The summed E-state index contributed by atoms with van der Waals surface area (Å²) in [5, 5.41) is 17.0. The van der Waals surface area contributed by atoms with Gasteiger partial charge in [0.05, 0.1) is 30.4 Å². The zero-order valence-electron chi connectivity index (χ0n) is 13.0. The maximum atomic E-state index is 9.19. The number of nitrogens with zero attached hydrogens (tertiary/aromatic N) is 4. The van der Waals surface area contributed by atoms with E-state index >= 15 is 0 Å². The van der Waals surface area contributed by atoms with Gasteiger partial charge in [-0.15, -0.1) is 0 Å². The van der Waals surface area contributed by atoms with Crippen LogP contribution < -0.4 is 5.32 Å². The Morgan fingerprint density at radius 3 is 3.09 bits per heavy atom. The molecule has 4 rings (SSSR count). The van der Waals surface area contributed by atoms with E-state index in [4.69, 9.17) is 0 Å². The van der Waals surface area contributed by atoms with E-state index in [-0.39, 0.29) is 6.04 Å². The van der Waals surface area contributed by atoms with E-state index in [2.05, 4.69) is 32.7 Å². The Balaban J connectivity index is 1.63. The van der Waals surface area contributed by atoms with E-state index in [0.29, 0.717) is 19.0 Å². The zero-order chi connectivity index (χ0) is 15.6. The van der Waals surface area contributed by atoms with Crippen LogP contribution in [0, 0.1) is 17.2 Å². The minimum Gasteiger partial charge on any atom is -0.352 e. The predicted molar refractivity (Wildman–Crippen MR) is 88.4 cm³/mol. The number of nitrogens with one attached hydrogen (secondary N) is 2. The molecule has 0 unspecified atom stereocenters. The molecule has 2 aromatic rings. The van der Waals surface area contributed by atoms with Gasteiger partial charge in [0.1, 0.15) is 12.5 Å². The van der Waals surface area contributed by atoms with Crippen molar-refractivity contribution in [2.24, 2.45) is 10.9 Å². The molecule has 6 heteroatoms. The summed E-state index contributed by atoms with van der Waals surface area (Å²) in [6.07, 6.45) is 11.3. The molecule has 6 nitrogen and oxygen atoms in total. The number of aromatic nitrogens is 3. The molecule has 0 bridgehead atoms. The quantitative estimate of drug-likeness (QED) is 0.910. The molecule has 1 aliphatic carbocycles. The van der Waals surface area contributed by atoms with E-state index in [9.17, 15) is 5.26 Å². The molecule has 1 aliphatic heterocycles. The lowest BCUT2D eigenvalue weighted by Gasteiger charge is -2.21. The van der Waals surface area contributed by atoms with Gasteiger partial charge in [0.25, 0.3) is 0 Å². The van der Waals surface area contributed by atoms with Gasteiger partial charge in [-0.05, 0) is 24.8 Å². The first-order valence-corrected chi connectivity index (χ1v) is 8.24. The van der Waals surface area contributed by atoms with Gasteiger partial charge >= 0.3 is 0 Å². The molecular weight excluding hydrogens is 288 g/mol. The number of rotatable bonds is 4. The van der Waals surface area contributed by atoms with E-state index in [1.54, 1.807) is 0 Å². The fraction of sp³-hybridized carbons (Fsp3) is 0.471. The maximum absolute atomic E-state index is 9.19. The van der Waals surface area contributed by atoms with Gasteiger partial charge in [-0.1, -0.05) is 12.8 Å². The number of H-pyrrole nitrogens is 1. The average molecular weight is 308 g/mol. The van der Waals surface area contributed by atoms with Crippen LogP contribution >= 0.6 is 0 Å². The van der Waals surface area contributed by atoms with E-state index in [1.165, 1.54) is 25.7 Å². The van der Waals surface area contributed by atoms with Crippen molar-refractivity contribution in [1.82, 2.24) is 14.8 Å². The molecule has 0 amide bonds. The molecule has 1 atom stereocenters. The standard InChI is InChI=1S/C17H20N6/c18-7-5-15(12-3-1-2-4-12)23-10-13(9-22-23)16-14-6-8-19-17(14)21-11-20-16/h6,8-10,12,15,19,21H,1-5,11H2/t15-/m1/s1. The number of hydrogen-bond acceptors (Lipinski definition) is 4. The summed E-state index contributed by atoms with van der Waals surface area (Å²) in [5.74, 6) is 1.58. The van der Waals surface area contributed by atoms with Crippen LogP contribution in [0.1, 0.15) is 49.3 Å². The summed E-state index contributed by atoms with van der Waals surface area (Å²) in [7, 11) is 0. The van der Waals surface area contributed by atoms with Gasteiger partial charge < -0.3 is 10.3 Å². The van der Waals surface area contributed by atoms with E-state index in [0.717, 1.165) is 22.7 Å². The minimum absolute atomic E-state index is 0.185. The van der Waals surface area contributed by atoms with Crippen molar-refractivity contribution in [1.29, 1.82) is 5.26 Å². The maximum Gasteiger partial charge on any atom is 0.114 e. The highest BCUT2D eigenvalue weighted by Crippen LogP contribution is 2.36. The van der Waals surface area contributed by atoms with Crippen LogP contribution in [0.2, 0.25) is 0 Å². The van der Waals surface area contributed by atoms with Crippen molar-refractivity contribution in [2.45, 2.75) is 38.1 Å². The Morgan fingerprint density at radius 1 is 1.39 bits per heavy atom. The van der Waals surface area contributed by atoms with Gasteiger partial charge in [-0.2, -0.15) is 10.4 Å². The van der Waals surface area contributed by atoms with Crippen LogP contribution in [-0.4, -0.2) is 27.1 Å². The van der Waals surface area contributed by atoms with Crippen molar-refractivity contribution in [3.05, 3.63) is 35.8 Å². The number of nitriles is 1. The molecule has 2 N–H and O–H groups in total. The van der Waals surface area contributed by atoms with Gasteiger partial charge in [0, 0.05) is 23.5 Å². The molecule has 118 valence electrons. The van der Waals surface area contributed by atoms with Crippen LogP contribution in [0.5, 0.6) is 0 Å². The lowest BCUT2D eigenvalue weighted by Crippen LogP contribution is -2.18. The van der Waals surface area contributed by atoms with Gasteiger partial charge in [0.15, 0.2) is 0 Å². The summed E-state index contributed by atoms with van der Waals surface area (Å²) in [4.78, 5) is 7.79. The molecule has 1 saturated carbocycles. The molecule has 23 heavy (non-hydrogen) atoms. The number of aliphatic imine (C=N–C) groups is 1. The third-order valence-corrected chi connectivity index (χ3v) is 4.95. The largest absolute Gasteiger partial charge is 0.352 e. The smallest absolute Gasteiger partial charge is 0.114 e. The highest BCUT2D eigenvalue weighted by atomic mass is 15.3. The Morgan fingerprint density at radius 2 is 2.26 bits per heavy atom. The number of aromatic amines is 1. The normalized spacial score (nSPS) is 18.8. The summed E-state index contributed by atoms with van der Waals surface area (Å²) in [5.41, 5.74) is 3.06. The zero-order valence-corrected chi connectivity index (χ0v) is 13.0. The molecule has 1 fully saturated rings. The second-order valence-electron chi connectivity index (χ2n) is 6.29. The fourth-order valence-corrected chi connectivity index (χ4v) is 3.80. The van der Waals surface area contributed by atoms with Gasteiger partial charge in [0.2, 0.25) is 0 Å². The van der Waals surface area contributed by atoms with Crippen LogP contribution in [0.4, 0.5) is 5.82 Å². The van der Waals surface area contributed by atoms with Crippen LogP contribution in [0.25, 0.3) is 0 Å². The molecule has 2 aromatic heterocycles. The number of hydrogen-bond donors (Lipinski definition) is 2. The second kappa shape index (κ2) is 5.92. The Bertz CT molecular complexity index is 756. The molecular formula is C17H20N6. The van der Waals surface area contributed by atoms with E-state index in [1.807, 2.05) is 23.1 Å². The monoisotopic (exact) mass is 308 g/mol. The summed E-state index contributed by atoms with van der Waals surface area (Å²) < 4.78 is 1.99. The highest BCUT2D eigenvalue weighted by molar-refractivity contribution is 6.16. The lowest BCUT2D eigenvalue weighted by atomic mass is 9.96. The summed E-state index contributed by atoms with van der Waals surface area (Å²) in [6.45, 7) is 0.568. The van der Waals surface area contributed by atoms with Crippen molar-refractivity contribution in [3.8, 4) is 6.07 Å². The average Bonchev–Trinajstić information content (AvgIpc) is 3.32. The van der Waals surface area contributed by atoms with Crippen molar-refractivity contribution < 1.29 is 0 Å². The molecule has 0 spiro atoms. The lowest BCUT2D eigenvalue weighted by molar-refractivity contribution is 0.314. The second-order valence-corrected chi connectivity index (χ2v) is 6.29. The summed E-state index contributed by atoms with van der Waals surface area (Å²) in [6, 6.07) is 4.55.